The Labute approximate surface area is 97.0 Å². The third-order valence-corrected chi connectivity index (χ3v) is 2.91. The Morgan fingerprint density at radius 2 is 2.27 bits per heavy atom. The average molecular weight is 269 g/mol. The molecule has 4 heteroatoms. The number of imidazole rings is 1. The molecule has 0 spiro atoms. The van der Waals surface area contributed by atoms with Crippen molar-refractivity contribution in [2.45, 2.75) is 19.8 Å². The number of aromatic nitrogens is 2. The van der Waals surface area contributed by atoms with Crippen LogP contribution >= 0.6 is 15.9 Å². The number of ether oxygens (including phenoxy) is 1. The zero-order valence-corrected chi connectivity index (χ0v) is 10.4. The van der Waals surface area contributed by atoms with E-state index in [0.29, 0.717) is 0 Å². The lowest BCUT2D eigenvalue weighted by Gasteiger charge is -2.01. The lowest BCUT2D eigenvalue weighted by Crippen LogP contribution is -1.84. The van der Waals surface area contributed by atoms with Gasteiger partial charge < -0.3 is 9.72 Å². The molecule has 0 unspecified atom stereocenters. The van der Waals surface area contributed by atoms with Crippen molar-refractivity contribution in [1.29, 1.82) is 0 Å². The first-order chi connectivity index (χ1) is 7.24. The normalized spacial score (nSPS) is 10.9. The van der Waals surface area contributed by atoms with E-state index in [9.17, 15) is 0 Å². The SMILES string of the molecule is CCCc1nc2cc(OC)c(Br)cc2[nH]1. The van der Waals surface area contributed by atoms with E-state index in [1.54, 1.807) is 7.11 Å². The summed E-state index contributed by atoms with van der Waals surface area (Å²) in [6.07, 6.45) is 2.08. The van der Waals surface area contributed by atoms with Crippen LogP contribution in [-0.2, 0) is 6.42 Å². The van der Waals surface area contributed by atoms with Crippen LogP contribution in [0.15, 0.2) is 16.6 Å². The zero-order valence-electron chi connectivity index (χ0n) is 8.80. The molecule has 1 N–H and O–H groups in total. The van der Waals surface area contributed by atoms with Crippen LogP contribution in [0.4, 0.5) is 0 Å². The summed E-state index contributed by atoms with van der Waals surface area (Å²) in [7, 11) is 1.66. The lowest BCUT2D eigenvalue weighted by molar-refractivity contribution is 0.412. The van der Waals surface area contributed by atoms with Gasteiger partial charge in [0.25, 0.3) is 0 Å². The summed E-state index contributed by atoms with van der Waals surface area (Å²) in [5.41, 5.74) is 2.00. The number of fused-ring (bicyclic) bond motifs is 1. The van der Waals surface area contributed by atoms with Crippen molar-refractivity contribution in [3.63, 3.8) is 0 Å². The molecule has 3 nitrogen and oxygen atoms in total. The first-order valence-electron chi connectivity index (χ1n) is 4.96. The molecule has 2 aromatic rings. The third kappa shape index (κ3) is 2.00. The molecular formula is C11H13BrN2O. The number of rotatable bonds is 3. The van der Waals surface area contributed by atoms with Crippen molar-refractivity contribution < 1.29 is 4.74 Å². The van der Waals surface area contributed by atoms with Crippen molar-refractivity contribution >= 4 is 27.0 Å². The molecule has 1 heterocycles. The lowest BCUT2D eigenvalue weighted by atomic mass is 10.3. The number of aryl methyl sites for hydroxylation is 1. The summed E-state index contributed by atoms with van der Waals surface area (Å²) in [4.78, 5) is 7.79. The van der Waals surface area contributed by atoms with Crippen LogP contribution in [0.25, 0.3) is 11.0 Å². The van der Waals surface area contributed by atoms with Gasteiger partial charge >= 0.3 is 0 Å². The van der Waals surface area contributed by atoms with Crippen LogP contribution in [0.2, 0.25) is 0 Å². The van der Waals surface area contributed by atoms with Gasteiger partial charge in [-0.3, -0.25) is 0 Å². The fraction of sp³-hybridized carbons (Fsp3) is 0.364. The van der Waals surface area contributed by atoms with Crippen LogP contribution in [0.5, 0.6) is 5.75 Å². The summed E-state index contributed by atoms with van der Waals surface area (Å²) in [6.45, 7) is 2.14. The van der Waals surface area contributed by atoms with E-state index in [4.69, 9.17) is 4.74 Å². The molecule has 1 aromatic heterocycles. The second-order valence-electron chi connectivity index (χ2n) is 3.44. The van der Waals surface area contributed by atoms with E-state index in [1.807, 2.05) is 12.1 Å². The van der Waals surface area contributed by atoms with Gasteiger partial charge in [-0.15, -0.1) is 0 Å². The molecule has 0 bridgehead atoms. The number of benzene rings is 1. The van der Waals surface area contributed by atoms with Crippen LogP contribution < -0.4 is 4.74 Å². The van der Waals surface area contributed by atoms with Crippen molar-refractivity contribution in [2.75, 3.05) is 7.11 Å². The molecule has 0 saturated carbocycles. The Balaban J connectivity index is 2.51. The zero-order chi connectivity index (χ0) is 10.8. The summed E-state index contributed by atoms with van der Waals surface area (Å²) < 4.78 is 6.17. The molecule has 0 saturated heterocycles. The van der Waals surface area contributed by atoms with Crippen LogP contribution in [0, 0.1) is 0 Å². The van der Waals surface area contributed by atoms with Gasteiger partial charge in [0.1, 0.15) is 11.6 Å². The molecule has 0 radical (unpaired) electrons. The number of methoxy groups -OCH3 is 1. The highest BCUT2D eigenvalue weighted by molar-refractivity contribution is 9.10. The van der Waals surface area contributed by atoms with E-state index < -0.39 is 0 Å². The standard InChI is InChI=1S/C11H13BrN2O/c1-3-4-11-13-8-5-7(12)10(15-2)6-9(8)14-11/h5-6H,3-4H2,1-2H3,(H,13,14). The van der Waals surface area contributed by atoms with E-state index in [-0.39, 0.29) is 0 Å². The maximum absolute atomic E-state index is 5.22. The van der Waals surface area contributed by atoms with Gasteiger partial charge in [0.2, 0.25) is 0 Å². The van der Waals surface area contributed by atoms with Crippen LogP contribution in [0.1, 0.15) is 19.2 Å². The van der Waals surface area contributed by atoms with E-state index in [1.165, 1.54) is 0 Å². The molecule has 0 atom stereocenters. The Hall–Kier alpha value is -1.03. The van der Waals surface area contributed by atoms with Gasteiger partial charge in [-0.25, -0.2) is 4.98 Å². The molecule has 80 valence electrons. The highest BCUT2D eigenvalue weighted by atomic mass is 79.9. The first-order valence-corrected chi connectivity index (χ1v) is 5.76. The largest absolute Gasteiger partial charge is 0.495 e. The van der Waals surface area contributed by atoms with E-state index >= 15 is 0 Å². The number of hydrogen-bond donors (Lipinski definition) is 1. The minimum absolute atomic E-state index is 0.817. The third-order valence-electron chi connectivity index (χ3n) is 2.29. The predicted molar refractivity (Wildman–Crippen MR) is 64.3 cm³/mol. The van der Waals surface area contributed by atoms with E-state index in [0.717, 1.165) is 39.9 Å². The van der Waals surface area contributed by atoms with Crippen LogP contribution in [-0.4, -0.2) is 17.1 Å². The molecule has 0 fully saturated rings. The fourth-order valence-electron chi connectivity index (χ4n) is 1.58. The summed E-state index contributed by atoms with van der Waals surface area (Å²) >= 11 is 3.45. The molecular weight excluding hydrogens is 256 g/mol. The average Bonchev–Trinajstić information content (AvgIpc) is 2.58. The topological polar surface area (TPSA) is 37.9 Å². The van der Waals surface area contributed by atoms with Crippen molar-refractivity contribution in [3.05, 3.63) is 22.4 Å². The number of H-pyrrole nitrogens is 1. The Kier molecular flexibility index (Phi) is 2.95. The molecule has 0 aliphatic rings. The van der Waals surface area contributed by atoms with Crippen LogP contribution in [0.3, 0.4) is 0 Å². The predicted octanol–water partition coefficient (Wildman–Crippen LogP) is 3.29. The monoisotopic (exact) mass is 268 g/mol. The van der Waals surface area contributed by atoms with Gasteiger partial charge in [-0.05, 0) is 28.4 Å². The summed E-state index contributed by atoms with van der Waals surface area (Å²) in [5, 5.41) is 0. The van der Waals surface area contributed by atoms with Gasteiger partial charge in [-0.1, -0.05) is 6.92 Å². The first kappa shape index (κ1) is 10.5. The molecule has 0 amide bonds. The van der Waals surface area contributed by atoms with E-state index in [2.05, 4.69) is 32.8 Å². The molecule has 15 heavy (non-hydrogen) atoms. The van der Waals surface area contributed by atoms with Crippen molar-refractivity contribution in [3.8, 4) is 5.75 Å². The molecule has 0 aliphatic heterocycles. The van der Waals surface area contributed by atoms with Gasteiger partial charge in [0.15, 0.2) is 0 Å². The highest BCUT2D eigenvalue weighted by Gasteiger charge is 2.07. The van der Waals surface area contributed by atoms with Gasteiger partial charge in [0, 0.05) is 12.5 Å². The van der Waals surface area contributed by atoms with Crippen molar-refractivity contribution in [2.24, 2.45) is 0 Å². The molecule has 1 aromatic carbocycles. The summed E-state index contributed by atoms with van der Waals surface area (Å²) in [6, 6.07) is 3.94. The summed E-state index contributed by atoms with van der Waals surface area (Å²) in [5.74, 6) is 1.85. The van der Waals surface area contributed by atoms with Gasteiger partial charge in [0.05, 0.1) is 22.6 Å². The maximum Gasteiger partial charge on any atom is 0.135 e. The number of hydrogen-bond acceptors (Lipinski definition) is 2. The highest BCUT2D eigenvalue weighted by Crippen LogP contribution is 2.29. The van der Waals surface area contributed by atoms with Crippen molar-refractivity contribution in [1.82, 2.24) is 9.97 Å². The quantitative estimate of drug-likeness (QED) is 0.928. The smallest absolute Gasteiger partial charge is 0.135 e. The minimum atomic E-state index is 0.817. The Morgan fingerprint density at radius 3 is 2.93 bits per heavy atom. The second-order valence-corrected chi connectivity index (χ2v) is 4.29. The Morgan fingerprint density at radius 1 is 1.47 bits per heavy atom. The second kappa shape index (κ2) is 4.23. The molecule has 2 rings (SSSR count). The van der Waals surface area contributed by atoms with Gasteiger partial charge in [-0.2, -0.15) is 0 Å². The Bertz CT molecular complexity index is 479. The number of nitrogens with one attached hydrogen (secondary N) is 1. The number of halogens is 1. The maximum atomic E-state index is 5.22. The molecule has 0 aliphatic carbocycles. The number of aromatic amines is 1. The fourth-order valence-corrected chi connectivity index (χ4v) is 2.08. The number of nitrogens with zero attached hydrogens (tertiary/aromatic N) is 1. The minimum Gasteiger partial charge on any atom is -0.495 e.